The van der Waals surface area contributed by atoms with Crippen LogP contribution in [0.3, 0.4) is 0 Å². The molecule has 3 rings (SSSR count). The molecule has 3 aliphatic rings. The number of rotatable bonds is 5. The lowest BCUT2D eigenvalue weighted by Gasteiger charge is -2.33. The molecule has 0 aromatic heterocycles. The van der Waals surface area contributed by atoms with Gasteiger partial charge < -0.3 is 29.2 Å². The Bertz CT molecular complexity index is 491. The quantitative estimate of drug-likeness (QED) is 0.599. The maximum absolute atomic E-state index is 11.5. The Morgan fingerprint density at radius 2 is 1.15 bits per heavy atom. The molecule has 0 aliphatic carbocycles. The Hall–Kier alpha value is -0.730. The molecule has 0 bridgehead atoms. The fraction of sp³-hybridized carbons (Fsp3) is 0.963. The molecule has 0 aromatic rings. The van der Waals surface area contributed by atoms with Gasteiger partial charge in [0.25, 0.3) is 0 Å². The standard InChI is InChI=1S/C9H18N2O.C9H20N2.C9H19NO/c1-8(2)9(12)11-6-4-10(3)5-7-11;1-9(2)8-11-6-4-10(3)5-7-11;1-8(2)11-9-4-6-10(3)7-5-9/h8H,4-7H2,1-3H3;9H,4-8H2,1-3H3;8-9H,4-7H2,1-3H3. The van der Waals surface area contributed by atoms with Crippen LogP contribution in [0.4, 0.5) is 0 Å². The summed E-state index contributed by atoms with van der Waals surface area (Å²) in [7, 11) is 6.47. The predicted octanol–water partition coefficient (Wildman–Crippen LogP) is 2.81. The molecule has 7 heteroatoms. The molecule has 202 valence electrons. The molecular formula is C27H57N5O2. The minimum absolute atomic E-state index is 0.147. The summed E-state index contributed by atoms with van der Waals surface area (Å²) in [5.74, 6) is 1.26. The third kappa shape index (κ3) is 14.0. The van der Waals surface area contributed by atoms with Gasteiger partial charge in [0.2, 0.25) is 5.91 Å². The summed E-state index contributed by atoms with van der Waals surface area (Å²) >= 11 is 0. The van der Waals surface area contributed by atoms with E-state index in [0.29, 0.717) is 18.1 Å². The second-order valence-electron chi connectivity index (χ2n) is 11.5. The van der Waals surface area contributed by atoms with Crippen molar-refractivity contribution in [2.24, 2.45) is 11.8 Å². The number of carbonyl (C=O) groups is 1. The van der Waals surface area contributed by atoms with Gasteiger partial charge in [-0.3, -0.25) is 4.79 Å². The highest BCUT2D eigenvalue weighted by atomic mass is 16.5. The van der Waals surface area contributed by atoms with E-state index in [1.807, 2.05) is 18.7 Å². The maximum atomic E-state index is 11.5. The number of nitrogens with zero attached hydrogens (tertiary/aromatic N) is 5. The van der Waals surface area contributed by atoms with Crippen LogP contribution in [0.1, 0.15) is 54.4 Å². The van der Waals surface area contributed by atoms with E-state index in [2.05, 4.69) is 68.4 Å². The van der Waals surface area contributed by atoms with Gasteiger partial charge in [0, 0.05) is 77.9 Å². The normalized spacial score (nSPS) is 21.9. The van der Waals surface area contributed by atoms with Crippen molar-refractivity contribution in [1.29, 1.82) is 0 Å². The van der Waals surface area contributed by atoms with Crippen molar-refractivity contribution in [3.05, 3.63) is 0 Å². The van der Waals surface area contributed by atoms with Gasteiger partial charge in [-0.15, -0.1) is 0 Å². The van der Waals surface area contributed by atoms with Crippen LogP contribution >= 0.6 is 0 Å². The number of likely N-dealkylation sites (tertiary alicyclic amines) is 1. The molecule has 3 saturated heterocycles. The van der Waals surface area contributed by atoms with Crippen LogP contribution in [-0.2, 0) is 9.53 Å². The summed E-state index contributed by atoms with van der Waals surface area (Å²) in [6.45, 7) is 25.2. The molecule has 0 spiro atoms. The lowest BCUT2D eigenvalue weighted by atomic mass is 10.1. The van der Waals surface area contributed by atoms with Gasteiger partial charge in [0.05, 0.1) is 12.2 Å². The first-order valence-electron chi connectivity index (χ1n) is 13.7. The van der Waals surface area contributed by atoms with E-state index >= 15 is 0 Å². The van der Waals surface area contributed by atoms with Crippen LogP contribution in [0.5, 0.6) is 0 Å². The molecular weight excluding hydrogens is 426 g/mol. The third-order valence-electron chi connectivity index (χ3n) is 6.66. The van der Waals surface area contributed by atoms with Crippen molar-refractivity contribution in [2.45, 2.75) is 66.6 Å². The number of hydrogen-bond acceptors (Lipinski definition) is 6. The lowest BCUT2D eigenvalue weighted by molar-refractivity contribution is -0.136. The van der Waals surface area contributed by atoms with Gasteiger partial charge >= 0.3 is 0 Å². The van der Waals surface area contributed by atoms with Crippen molar-refractivity contribution >= 4 is 5.91 Å². The highest BCUT2D eigenvalue weighted by Crippen LogP contribution is 2.13. The molecule has 7 nitrogen and oxygen atoms in total. The average molecular weight is 484 g/mol. The Balaban J connectivity index is 0.000000255. The SMILES string of the molecule is CC(C)C(=O)N1CCN(C)CC1.CC(C)CN1CCN(C)CC1.CC(C)OC1CCN(C)CC1. The molecule has 0 unspecified atom stereocenters. The number of piperazine rings is 2. The molecule has 0 atom stereocenters. The Morgan fingerprint density at radius 3 is 1.56 bits per heavy atom. The Kier molecular flexibility index (Phi) is 15.5. The van der Waals surface area contributed by atoms with E-state index in [1.165, 1.54) is 58.7 Å². The monoisotopic (exact) mass is 483 g/mol. The van der Waals surface area contributed by atoms with E-state index in [9.17, 15) is 4.79 Å². The topological polar surface area (TPSA) is 42.5 Å². The lowest BCUT2D eigenvalue weighted by Crippen LogP contribution is -2.48. The molecule has 0 radical (unpaired) electrons. The van der Waals surface area contributed by atoms with Crippen LogP contribution in [0.15, 0.2) is 0 Å². The average Bonchev–Trinajstić information content (AvgIpc) is 2.77. The van der Waals surface area contributed by atoms with Gasteiger partial charge in [0.1, 0.15) is 0 Å². The zero-order valence-corrected chi connectivity index (χ0v) is 24.1. The first kappa shape index (κ1) is 31.3. The Labute approximate surface area is 211 Å². The van der Waals surface area contributed by atoms with Crippen LogP contribution in [0.25, 0.3) is 0 Å². The summed E-state index contributed by atoms with van der Waals surface area (Å²) in [6, 6.07) is 0. The number of carbonyl (C=O) groups excluding carboxylic acids is 1. The van der Waals surface area contributed by atoms with E-state index < -0.39 is 0 Å². The highest BCUT2D eigenvalue weighted by molar-refractivity contribution is 5.78. The molecule has 34 heavy (non-hydrogen) atoms. The van der Waals surface area contributed by atoms with E-state index in [0.717, 1.165) is 32.1 Å². The number of ether oxygens (including phenoxy) is 1. The molecule has 0 aromatic carbocycles. The number of likely N-dealkylation sites (N-methyl/N-ethyl adjacent to an activating group) is 2. The van der Waals surface area contributed by atoms with Crippen molar-refractivity contribution in [3.63, 3.8) is 0 Å². The third-order valence-corrected chi connectivity index (χ3v) is 6.66. The molecule has 3 fully saturated rings. The smallest absolute Gasteiger partial charge is 0.225 e. The van der Waals surface area contributed by atoms with Gasteiger partial charge in [-0.05, 0) is 53.8 Å². The summed E-state index contributed by atoms with van der Waals surface area (Å²) in [5, 5.41) is 0. The number of hydrogen-bond donors (Lipinski definition) is 0. The molecule has 1 amide bonds. The van der Waals surface area contributed by atoms with E-state index in [1.54, 1.807) is 0 Å². The largest absolute Gasteiger partial charge is 0.375 e. The van der Waals surface area contributed by atoms with Gasteiger partial charge in [-0.1, -0.05) is 27.7 Å². The summed E-state index contributed by atoms with van der Waals surface area (Å²) in [4.78, 5) is 23.1. The summed E-state index contributed by atoms with van der Waals surface area (Å²) < 4.78 is 5.71. The number of piperidine rings is 1. The van der Waals surface area contributed by atoms with E-state index in [-0.39, 0.29) is 5.92 Å². The number of amides is 1. The predicted molar refractivity (Wildman–Crippen MR) is 144 cm³/mol. The van der Waals surface area contributed by atoms with Crippen LogP contribution < -0.4 is 0 Å². The highest BCUT2D eigenvalue weighted by Gasteiger charge is 2.20. The van der Waals surface area contributed by atoms with Crippen molar-refractivity contribution in [2.75, 3.05) is 93.1 Å². The Morgan fingerprint density at radius 1 is 0.706 bits per heavy atom. The molecule has 0 saturated carbocycles. The van der Waals surface area contributed by atoms with Gasteiger partial charge in [0.15, 0.2) is 0 Å². The first-order chi connectivity index (χ1) is 16.0. The van der Waals surface area contributed by atoms with Crippen LogP contribution in [0.2, 0.25) is 0 Å². The van der Waals surface area contributed by atoms with E-state index in [4.69, 9.17) is 4.74 Å². The van der Waals surface area contributed by atoms with Crippen molar-refractivity contribution in [1.82, 2.24) is 24.5 Å². The fourth-order valence-corrected chi connectivity index (χ4v) is 4.44. The van der Waals surface area contributed by atoms with Crippen LogP contribution in [0, 0.1) is 11.8 Å². The minimum atomic E-state index is 0.147. The second-order valence-corrected chi connectivity index (χ2v) is 11.5. The molecule has 0 N–H and O–H groups in total. The first-order valence-corrected chi connectivity index (χ1v) is 13.7. The minimum Gasteiger partial charge on any atom is -0.375 e. The summed E-state index contributed by atoms with van der Waals surface area (Å²) in [5.41, 5.74) is 0. The van der Waals surface area contributed by atoms with Crippen LogP contribution in [-0.4, -0.2) is 136 Å². The van der Waals surface area contributed by atoms with Crippen molar-refractivity contribution in [3.8, 4) is 0 Å². The van der Waals surface area contributed by atoms with Gasteiger partial charge in [-0.2, -0.15) is 0 Å². The second kappa shape index (κ2) is 16.9. The molecule has 3 heterocycles. The zero-order valence-electron chi connectivity index (χ0n) is 24.1. The zero-order chi connectivity index (χ0) is 25.7. The van der Waals surface area contributed by atoms with Crippen molar-refractivity contribution < 1.29 is 9.53 Å². The molecule has 3 aliphatic heterocycles. The fourth-order valence-electron chi connectivity index (χ4n) is 4.44. The van der Waals surface area contributed by atoms with Gasteiger partial charge in [-0.25, -0.2) is 0 Å². The maximum Gasteiger partial charge on any atom is 0.225 e. The summed E-state index contributed by atoms with van der Waals surface area (Å²) in [6.07, 6.45) is 3.32.